The number of aliphatic hydroxyl groups is 1. The zero-order chi connectivity index (χ0) is 18.4. The van der Waals surface area contributed by atoms with Gasteiger partial charge in [0.15, 0.2) is 11.5 Å². The van der Waals surface area contributed by atoms with E-state index in [0.717, 1.165) is 49.5 Å². The summed E-state index contributed by atoms with van der Waals surface area (Å²) in [6, 6.07) is 6.90. The van der Waals surface area contributed by atoms with Crippen LogP contribution in [-0.4, -0.2) is 78.5 Å². The van der Waals surface area contributed by atoms with Gasteiger partial charge in [-0.15, -0.1) is 0 Å². The fourth-order valence-electron chi connectivity index (χ4n) is 3.42. The standard InChI is InChI=1S/C20H32N2O3S/c1-3-22(17-5-6-17)13-16-4-7-19(20(12-16)24-2)25-15-18(23)14-21-8-10-26-11-9-21/h4,7,12,17-18,23H,3,5-6,8-11,13-15H2,1-2H3/t18-/m1/s1. The summed E-state index contributed by atoms with van der Waals surface area (Å²) in [5, 5.41) is 10.3. The molecular formula is C20H32N2O3S. The number of nitrogens with zero attached hydrogens (tertiary/aromatic N) is 2. The largest absolute Gasteiger partial charge is 0.493 e. The second-order valence-electron chi connectivity index (χ2n) is 7.16. The smallest absolute Gasteiger partial charge is 0.161 e. The lowest BCUT2D eigenvalue weighted by Crippen LogP contribution is -2.40. The van der Waals surface area contributed by atoms with Gasteiger partial charge in [0.1, 0.15) is 12.7 Å². The number of hydrogen-bond acceptors (Lipinski definition) is 6. The fraction of sp³-hybridized carbons (Fsp3) is 0.700. The van der Waals surface area contributed by atoms with Crippen molar-refractivity contribution in [3.63, 3.8) is 0 Å². The fourth-order valence-corrected chi connectivity index (χ4v) is 4.40. The average Bonchev–Trinajstić information content (AvgIpc) is 3.50. The van der Waals surface area contributed by atoms with Crippen LogP contribution in [-0.2, 0) is 6.54 Å². The van der Waals surface area contributed by atoms with E-state index < -0.39 is 6.10 Å². The molecule has 1 saturated heterocycles. The first-order valence-corrected chi connectivity index (χ1v) is 10.9. The van der Waals surface area contributed by atoms with Gasteiger partial charge in [-0.25, -0.2) is 0 Å². The van der Waals surface area contributed by atoms with Gasteiger partial charge in [0.2, 0.25) is 0 Å². The maximum atomic E-state index is 10.3. The number of thioether (sulfide) groups is 1. The molecule has 5 nitrogen and oxygen atoms in total. The summed E-state index contributed by atoms with van der Waals surface area (Å²) in [6.45, 7) is 7.31. The van der Waals surface area contributed by atoms with Gasteiger partial charge in [-0.1, -0.05) is 13.0 Å². The Morgan fingerprint density at radius 2 is 2.04 bits per heavy atom. The first kappa shape index (κ1) is 19.8. The molecule has 0 radical (unpaired) electrons. The quantitative estimate of drug-likeness (QED) is 0.673. The monoisotopic (exact) mass is 380 g/mol. The van der Waals surface area contributed by atoms with E-state index >= 15 is 0 Å². The van der Waals surface area contributed by atoms with Gasteiger partial charge in [-0.05, 0) is 37.1 Å². The summed E-state index contributed by atoms with van der Waals surface area (Å²) >= 11 is 1.98. The lowest BCUT2D eigenvalue weighted by Gasteiger charge is -2.28. The molecule has 0 aromatic heterocycles. The minimum absolute atomic E-state index is 0.294. The highest BCUT2D eigenvalue weighted by Gasteiger charge is 2.27. The minimum Gasteiger partial charge on any atom is -0.493 e. The second-order valence-corrected chi connectivity index (χ2v) is 8.38. The van der Waals surface area contributed by atoms with E-state index in [9.17, 15) is 5.11 Å². The van der Waals surface area contributed by atoms with Crippen molar-refractivity contribution >= 4 is 11.8 Å². The van der Waals surface area contributed by atoms with Gasteiger partial charge in [-0.3, -0.25) is 9.80 Å². The Balaban J connectivity index is 1.51. The molecule has 1 aliphatic carbocycles. The number of methoxy groups -OCH3 is 1. The van der Waals surface area contributed by atoms with Gasteiger partial charge in [0, 0.05) is 43.7 Å². The van der Waals surface area contributed by atoms with Gasteiger partial charge < -0.3 is 14.6 Å². The Morgan fingerprint density at radius 3 is 2.69 bits per heavy atom. The minimum atomic E-state index is -0.479. The molecule has 1 N–H and O–H groups in total. The molecule has 1 aromatic rings. The molecule has 0 unspecified atom stereocenters. The van der Waals surface area contributed by atoms with Crippen molar-refractivity contribution in [2.45, 2.75) is 38.5 Å². The van der Waals surface area contributed by atoms with Crippen molar-refractivity contribution in [3.8, 4) is 11.5 Å². The number of aliphatic hydroxyl groups excluding tert-OH is 1. The highest BCUT2D eigenvalue weighted by atomic mass is 32.2. The van der Waals surface area contributed by atoms with Crippen LogP contribution in [0.15, 0.2) is 18.2 Å². The van der Waals surface area contributed by atoms with Crippen LogP contribution in [0.5, 0.6) is 11.5 Å². The lowest BCUT2D eigenvalue weighted by molar-refractivity contribution is 0.0704. The number of β-amino-alcohol motifs (C(OH)–C–C–N with tert-alkyl or cyclic N) is 1. The Morgan fingerprint density at radius 1 is 1.27 bits per heavy atom. The van der Waals surface area contributed by atoms with E-state index in [-0.39, 0.29) is 0 Å². The molecule has 0 bridgehead atoms. The van der Waals surface area contributed by atoms with E-state index in [4.69, 9.17) is 9.47 Å². The molecule has 1 aromatic carbocycles. The number of ether oxygens (including phenoxy) is 2. The van der Waals surface area contributed by atoms with E-state index in [2.05, 4.69) is 28.9 Å². The molecule has 2 aliphatic rings. The summed E-state index contributed by atoms with van der Waals surface area (Å²) in [5.41, 5.74) is 1.24. The number of rotatable bonds is 10. The molecule has 1 aliphatic heterocycles. The van der Waals surface area contributed by atoms with E-state index in [1.54, 1.807) is 7.11 Å². The Hall–Kier alpha value is -0.950. The Kier molecular flexibility index (Phi) is 7.49. The third kappa shape index (κ3) is 5.78. The van der Waals surface area contributed by atoms with Crippen molar-refractivity contribution in [2.75, 3.05) is 51.4 Å². The molecule has 0 amide bonds. The first-order chi connectivity index (χ1) is 12.7. The molecule has 3 rings (SSSR count). The third-order valence-corrected chi connectivity index (χ3v) is 6.03. The number of benzene rings is 1. The summed E-state index contributed by atoms with van der Waals surface area (Å²) in [5.74, 6) is 3.76. The van der Waals surface area contributed by atoms with Crippen LogP contribution < -0.4 is 9.47 Å². The van der Waals surface area contributed by atoms with Crippen LogP contribution in [0.2, 0.25) is 0 Å². The van der Waals surface area contributed by atoms with Crippen LogP contribution in [0.4, 0.5) is 0 Å². The van der Waals surface area contributed by atoms with Crippen LogP contribution in [0.25, 0.3) is 0 Å². The van der Waals surface area contributed by atoms with Crippen LogP contribution in [0.3, 0.4) is 0 Å². The van der Waals surface area contributed by atoms with Crippen molar-refractivity contribution in [3.05, 3.63) is 23.8 Å². The van der Waals surface area contributed by atoms with Crippen molar-refractivity contribution in [2.24, 2.45) is 0 Å². The maximum absolute atomic E-state index is 10.3. The molecular weight excluding hydrogens is 348 g/mol. The molecule has 2 fully saturated rings. The van der Waals surface area contributed by atoms with Crippen molar-refractivity contribution in [1.29, 1.82) is 0 Å². The molecule has 1 heterocycles. The molecule has 1 atom stereocenters. The molecule has 6 heteroatoms. The molecule has 0 spiro atoms. The normalized spacial score (nSPS) is 19.5. The first-order valence-electron chi connectivity index (χ1n) is 9.71. The highest BCUT2D eigenvalue weighted by Crippen LogP contribution is 2.31. The molecule has 146 valence electrons. The topological polar surface area (TPSA) is 45.2 Å². The molecule has 1 saturated carbocycles. The van der Waals surface area contributed by atoms with Crippen LogP contribution >= 0.6 is 11.8 Å². The summed E-state index contributed by atoms with van der Waals surface area (Å²) in [6.07, 6.45) is 2.16. The molecule has 26 heavy (non-hydrogen) atoms. The van der Waals surface area contributed by atoms with E-state index in [1.807, 2.05) is 17.8 Å². The predicted octanol–water partition coefficient (Wildman–Crippen LogP) is 2.47. The second kappa shape index (κ2) is 9.83. The summed E-state index contributed by atoms with van der Waals surface area (Å²) in [7, 11) is 1.67. The maximum Gasteiger partial charge on any atom is 0.161 e. The number of hydrogen-bond donors (Lipinski definition) is 1. The van der Waals surface area contributed by atoms with Gasteiger partial charge in [0.25, 0.3) is 0 Å². The van der Waals surface area contributed by atoms with E-state index in [1.165, 1.54) is 18.4 Å². The average molecular weight is 381 g/mol. The van der Waals surface area contributed by atoms with Gasteiger partial charge in [0.05, 0.1) is 7.11 Å². The van der Waals surface area contributed by atoms with E-state index in [0.29, 0.717) is 18.9 Å². The van der Waals surface area contributed by atoms with Crippen molar-refractivity contribution in [1.82, 2.24) is 9.80 Å². The Labute approximate surface area is 161 Å². The van der Waals surface area contributed by atoms with Gasteiger partial charge >= 0.3 is 0 Å². The van der Waals surface area contributed by atoms with Crippen LogP contribution in [0.1, 0.15) is 25.3 Å². The predicted molar refractivity (Wildman–Crippen MR) is 107 cm³/mol. The third-order valence-electron chi connectivity index (χ3n) is 5.09. The highest BCUT2D eigenvalue weighted by molar-refractivity contribution is 7.99. The van der Waals surface area contributed by atoms with Crippen LogP contribution in [0, 0.1) is 0 Å². The lowest BCUT2D eigenvalue weighted by atomic mass is 10.2. The summed E-state index contributed by atoms with van der Waals surface area (Å²) < 4.78 is 11.4. The zero-order valence-corrected chi connectivity index (χ0v) is 16.8. The zero-order valence-electron chi connectivity index (χ0n) is 16.0. The van der Waals surface area contributed by atoms with Crippen molar-refractivity contribution < 1.29 is 14.6 Å². The Bertz CT molecular complexity index is 562. The van der Waals surface area contributed by atoms with Gasteiger partial charge in [-0.2, -0.15) is 11.8 Å². The summed E-state index contributed by atoms with van der Waals surface area (Å²) in [4.78, 5) is 4.82. The SMILES string of the molecule is CCN(Cc1ccc(OC[C@H](O)CN2CCSCC2)c(OC)c1)C1CC1.